The highest BCUT2D eigenvalue weighted by molar-refractivity contribution is 5.70. The van der Waals surface area contributed by atoms with Crippen molar-refractivity contribution in [2.45, 2.75) is 82.8 Å². The molecule has 4 aliphatic rings. The van der Waals surface area contributed by atoms with Gasteiger partial charge < -0.3 is 38.1 Å². The number of hydrogen-bond acceptors (Lipinski definition) is 8. The molecule has 0 N–H and O–H groups in total. The Balaban J connectivity index is 1.42. The number of unbranched alkanes of at least 4 members (excludes halogenated alkanes) is 3. The maximum absolute atomic E-state index is 13.1. The van der Waals surface area contributed by atoms with Gasteiger partial charge in [0.05, 0.1) is 40.9 Å². The van der Waals surface area contributed by atoms with Crippen LogP contribution in [0, 0.1) is 0 Å². The number of carbonyl (C=O) groups excluding carboxylic acids is 1. The lowest BCUT2D eigenvalue weighted by Crippen LogP contribution is -2.63. The minimum absolute atomic E-state index is 0.00179. The van der Waals surface area contributed by atoms with Crippen LogP contribution in [0.25, 0.3) is 0 Å². The summed E-state index contributed by atoms with van der Waals surface area (Å²) in [7, 11) is 9.30. The van der Waals surface area contributed by atoms with Crippen molar-refractivity contribution in [2.24, 2.45) is 0 Å². The molecule has 0 aromatic heterocycles. The Morgan fingerprint density at radius 1 is 0.833 bits per heavy atom. The van der Waals surface area contributed by atoms with Gasteiger partial charge in [0.25, 0.3) is 0 Å². The molecule has 4 aromatic rings. The molecule has 0 radical (unpaired) electrons. The Morgan fingerprint density at radius 3 is 2.31 bits per heavy atom. The second kappa shape index (κ2) is 15.9. The molecule has 0 amide bonds. The standard InChI is InChI=1S/C45H54N2O7/c1-7-8-9-10-11-37(45(48)49)47(3)21-19-31-26-40(52-6)42-28-35(31)38(47)23-29-12-15-33(16-13-29)53-41-24-30(14-17-39(41)51-5)22-36-44-32(18-20-46(36)2)25-34(50-4)27-43(44)54-42/h12-17,24-28,36-38H,7-11,18-23H2,1-6H3. The highest BCUT2D eigenvalue weighted by Crippen LogP contribution is 2.48. The topological polar surface area (TPSA) is 89.5 Å². The van der Waals surface area contributed by atoms with Crippen molar-refractivity contribution in [3.63, 3.8) is 0 Å². The molecule has 0 spiro atoms. The molecule has 286 valence electrons. The van der Waals surface area contributed by atoms with Gasteiger partial charge in [0.15, 0.2) is 23.0 Å². The van der Waals surface area contributed by atoms with Gasteiger partial charge in [-0.3, -0.25) is 4.90 Å². The predicted octanol–water partition coefficient (Wildman–Crippen LogP) is 7.76. The number of likely N-dealkylation sites (N-methyl/N-ethyl adjacent to an activating group) is 2. The van der Waals surface area contributed by atoms with Crippen molar-refractivity contribution in [3.8, 4) is 40.2 Å². The SMILES string of the molecule is CCCCCCC(C(=O)[O-])[N+]1(C)CCc2cc(OC)c3cc2C1Cc1ccc(cc1)Oc1cc(ccc1OC)CC1c2c(cc(OC)cc2O3)CCN1C. The van der Waals surface area contributed by atoms with E-state index in [0.717, 1.165) is 72.2 Å². The summed E-state index contributed by atoms with van der Waals surface area (Å²) in [5.41, 5.74) is 6.71. The third kappa shape index (κ3) is 7.36. The van der Waals surface area contributed by atoms with Crippen LogP contribution in [0.3, 0.4) is 0 Å². The third-order valence-corrected chi connectivity index (χ3v) is 12.2. The molecule has 0 aliphatic carbocycles. The number of benzene rings is 4. The zero-order valence-electron chi connectivity index (χ0n) is 32.6. The average Bonchev–Trinajstić information content (AvgIpc) is 3.17. The predicted molar refractivity (Wildman–Crippen MR) is 207 cm³/mol. The van der Waals surface area contributed by atoms with Gasteiger partial charge in [-0.2, -0.15) is 0 Å². The molecule has 4 unspecified atom stereocenters. The van der Waals surface area contributed by atoms with Crippen molar-refractivity contribution >= 4 is 5.97 Å². The molecular formula is C45H54N2O7. The number of fused-ring (bicyclic) bond motifs is 2. The first-order chi connectivity index (χ1) is 26.1. The Bertz CT molecular complexity index is 1980. The van der Waals surface area contributed by atoms with Crippen LogP contribution in [0.2, 0.25) is 0 Å². The summed E-state index contributed by atoms with van der Waals surface area (Å²) in [6.07, 6.45) is 7.51. The van der Waals surface area contributed by atoms with E-state index in [1.807, 2.05) is 24.3 Å². The van der Waals surface area contributed by atoms with Gasteiger partial charge in [-0.15, -0.1) is 0 Å². The maximum Gasteiger partial charge on any atom is 0.169 e. The summed E-state index contributed by atoms with van der Waals surface area (Å²) < 4.78 is 31.5. The minimum atomic E-state index is -0.986. The summed E-state index contributed by atoms with van der Waals surface area (Å²) in [4.78, 5) is 15.5. The van der Waals surface area contributed by atoms with E-state index in [2.05, 4.69) is 68.4 Å². The number of hydrogen-bond donors (Lipinski definition) is 0. The molecule has 4 aromatic carbocycles. The number of ether oxygens (including phenoxy) is 5. The van der Waals surface area contributed by atoms with Crippen molar-refractivity contribution in [1.82, 2.24) is 4.90 Å². The number of carboxylic acid groups (broad SMARTS) is 1. The van der Waals surface area contributed by atoms with Gasteiger partial charge in [0.1, 0.15) is 29.3 Å². The van der Waals surface area contributed by atoms with Gasteiger partial charge >= 0.3 is 0 Å². The van der Waals surface area contributed by atoms with Crippen LogP contribution in [0.4, 0.5) is 0 Å². The fraction of sp³-hybridized carbons (Fsp3) is 0.444. The van der Waals surface area contributed by atoms with Crippen LogP contribution in [0.5, 0.6) is 40.2 Å². The molecule has 0 fully saturated rings. The van der Waals surface area contributed by atoms with Crippen molar-refractivity contribution in [2.75, 3.05) is 48.5 Å². The van der Waals surface area contributed by atoms with Crippen LogP contribution < -0.4 is 28.8 Å². The number of carbonyl (C=O) groups is 1. The van der Waals surface area contributed by atoms with E-state index in [9.17, 15) is 9.90 Å². The second-order valence-corrected chi connectivity index (χ2v) is 15.4. The van der Waals surface area contributed by atoms with E-state index in [-0.39, 0.29) is 12.1 Å². The second-order valence-electron chi connectivity index (χ2n) is 15.4. The molecule has 4 atom stereocenters. The smallest absolute Gasteiger partial charge is 0.169 e. The number of nitrogens with zero attached hydrogens (tertiary/aromatic N) is 2. The van der Waals surface area contributed by atoms with E-state index in [1.54, 1.807) is 21.3 Å². The van der Waals surface area contributed by atoms with Gasteiger partial charge in [-0.05, 0) is 91.0 Å². The molecule has 0 saturated heterocycles. The average molecular weight is 735 g/mol. The first-order valence-electron chi connectivity index (χ1n) is 19.4. The zero-order valence-corrected chi connectivity index (χ0v) is 32.6. The lowest BCUT2D eigenvalue weighted by molar-refractivity contribution is -0.958. The minimum Gasteiger partial charge on any atom is -0.544 e. The highest BCUT2D eigenvalue weighted by Gasteiger charge is 2.45. The van der Waals surface area contributed by atoms with Gasteiger partial charge in [0.2, 0.25) is 0 Å². The Kier molecular flexibility index (Phi) is 11.1. The van der Waals surface area contributed by atoms with Gasteiger partial charge in [0, 0.05) is 49.0 Å². The van der Waals surface area contributed by atoms with Crippen LogP contribution in [-0.2, 0) is 30.5 Å². The van der Waals surface area contributed by atoms with E-state index in [4.69, 9.17) is 23.7 Å². The highest BCUT2D eigenvalue weighted by atomic mass is 16.5. The molecule has 8 rings (SSSR count). The molecule has 0 saturated carbocycles. The number of methoxy groups -OCH3 is 3. The van der Waals surface area contributed by atoms with E-state index < -0.39 is 12.0 Å². The summed E-state index contributed by atoms with van der Waals surface area (Å²) in [5.74, 6) is 3.72. The third-order valence-electron chi connectivity index (χ3n) is 12.2. The lowest BCUT2D eigenvalue weighted by Gasteiger charge is -2.51. The quantitative estimate of drug-likeness (QED) is 0.121. The molecular weight excluding hydrogens is 681 g/mol. The zero-order chi connectivity index (χ0) is 38.0. The Labute approximate surface area is 320 Å². The largest absolute Gasteiger partial charge is 0.544 e. The normalized spacial score (nSPS) is 21.1. The molecule has 4 aliphatic heterocycles. The number of aliphatic carboxylic acids is 1. The number of rotatable bonds is 10. The molecule has 6 bridgehead atoms. The van der Waals surface area contributed by atoms with E-state index >= 15 is 0 Å². The summed E-state index contributed by atoms with van der Waals surface area (Å²) in [5, 5.41) is 13.1. The number of quaternary nitrogens is 1. The molecule has 4 heterocycles. The summed E-state index contributed by atoms with van der Waals surface area (Å²) >= 11 is 0. The van der Waals surface area contributed by atoms with Crippen molar-refractivity contribution < 1.29 is 38.1 Å². The monoisotopic (exact) mass is 734 g/mol. The molecule has 9 heteroatoms. The van der Waals surface area contributed by atoms with E-state index in [0.29, 0.717) is 71.2 Å². The maximum atomic E-state index is 13.1. The summed E-state index contributed by atoms with van der Waals surface area (Å²) in [6, 6.07) is 21.8. The van der Waals surface area contributed by atoms with Crippen LogP contribution in [0.1, 0.15) is 84.5 Å². The van der Waals surface area contributed by atoms with Gasteiger partial charge in [-0.25, -0.2) is 0 Å². The van der Waals surface area contributed by atoms with Crippen molar-refractivity contribution in [1.29, 1.82) is 0 Å². The molecule has 54 heavy (non-hydrogen) atoms. The van der Waals surface area contributed by atoms with E-state index in [1.165, 1.54) is 5.56 Å². The Morgan fingerprint density at radius 2 is 1.59 bits per heavy atom. The fourth-order valence-electron chi connectivity index (χ4n) is 9.02. The van der Waals surface area contributed by atoms with Crippen LogP contribution in [-0.4, -0.2) is 69.9 Å². The molecule has 9 nitrogen and oxygen atoms in total. The van der Waals surface area contributed by atoms with Crippen LogP contribution in [0.15, 0.2) is 66.7 Å². The lowest BCUT2D eigenvalue weighted by atomic mass is 9.84. The van der Waals surface area contributed by atoms with Crippen LogP contribution >= 0.6 is 0 Å². The number of carboxylic acids is 1. The van der Waals surface area contributed by atoms with Gasteiger partial charge in [-0.1, -0.05) is 44.4 Å². The van der Waals surface area contributed by atoms with Crippen molar-refractivity contribution in [3.05, 3.63) is 100 Å². The summed E-state index contributed by atoms with van der Waals surface area (Å²) in [6.45, 7) is 3.72. The fourth-order valence-corrected chi connectivity index (χ4v) is 9.02. The first-order valence-corrected chi connectivity index (χ1v) is 19.4. The Hall–Kier alpha value is -4.73. The first kappa shape index (κ1) is 37.6.